The summed E-state index contributed by atoms with van der Waals surface area (Å²) in [6.07, 6.45) is 8.89. The van der Waals surface area contributed by atoms with E-state index in [4.69, 9.17) is 5.26 Å². The van der Waals surface area contributed by atoms with Crippen LogP contribution in [-0.4, -0.2) is 24.6 Å². The number of H-pyrrole nitrogens is 1. The summed E-state index contributed by atoms with van der Waals surface area (Å²) in [5.74, 6) is 0.824. The SMILES string of the molecule is CS(=O)(=O)c1ccc([C@@H](CC2CCCC2)c2cc3cc(C#N)cnc3[nH]2)cc1. The first-order valence-corrected chi connectivity index (χ1v) is 11.5. The van der Waals surface area contributed by atoms with Crippen molar-refractivity contribution >= 4 is 20.9 Å². The number of nitrogens with zero attached hydrogens (tertiary/aromatic N) is 2. The molecule has 1 saturated carbocycles. The number of hydrogen-bond acceptors (Lipinski definition) is 4. The minimum Gasteiger partial charge on any atom is -0.343 e. The Hall–Kier alpha value is -2.65. The van der Waals surface area contributed by atoms with Crippen molar-refractivity contribution < 1.29 is 8.42 Å². The van der Waals surface area contributed by atoms with Gasteiger partial charge >= 0.3 is 0 Å². The molecule has 0 saturated heterocycles. The van der Waals surface area contributed by atoms with Crippen LogP contribution in [0.2, 0.25) is 0 Å². The number of sulfone groups is 1. The van der Waals surface area contributed by atoms with Crippen LogP contribution in [0.5, 0.6) is 0 Å². The Balaban J connectivity index is 1.74. The molecule has 1 N–H and O–H groups in total. The molecule has 0 amide bonds. The van der Waals surface area contributed by atoms with E-state index < -0.39 is 9.84 Å². The van der Waals surface area contributed by atoms with Crippen molar-refractivity contribution in [3.63, 3.8) is 0 Å². The normalized spacial score (nSPS) is 16.3. The fraction of sp³-hybridized carbons (Fsp3) is 0.364. The molecule has 2 aromatic heterocycles. The maximum Gasteiger partial charge on any atom is 0.175 e. The standard InChI is InChI=1S/C22H23N3O2S/c1-28(26,27)19-8-6-17(7-9-19)20(11-15-4-2-3-5-15)21-12-18-10-16(13-23)14-24-22(18)25-21/h6-10,12,14-15,20H,2-5,11H2,1H3,(H,24,25)/t20-/m1/s1. The van der Waals surface area contributed by atoms with E-state index in [2.05, 4.69) is 22.1 Å². The van der Waals surface area contributed by atoms with Crippen molar-refractivity contribution in [2.75, 3.05) is 6.26 Å². The molecule has 1 atom stereocenters. The molecule has 0 bridgehead atoms. The van der Waals surface area contributed by atoms with E-state index in [9.17, 15) is 8.42 Å². The van der Waals surface area contributed by atoms with E-state index in [0.717, 1.165) is 28.7 Å². The minimum absolute atomic E-state index is 0.149. The first kappa shape index (κ1) is 18.7. The van der Waals surface area contributed by atoms with E-state index in [1.807, 2.05) is 18.2 Å². The highest BCUT2D eigenvalue weighted by Gasteiger charge is 2.24. The Morgan fingerprint density at radius 1 is 1.21 bits per heavy atom. The second kappa shape index (κ2) is 7.40. The molecule has 28 heavy (non-hydrogen) atoms. The van der Waals surface area contributed by atoms with Gasteiger partial charge in [-0.2, -0.15) is 5.26 Å². The molecule has 0 radical (unpaired) electrons. The number of hydrogen-bond donors (Lipinski definition) is 1. The number of aromatic nitrogens is 2. The van der Waals surface area contributed by atoms with Gasteiger partial charge in [-0.25, -0.2) is 13.4 Å². The topological polar surface area (TPSA) is 86.6 Å². The number of benzene rings is 1. The van der Waals surface area contributed by atoms with Crippen LogP contribution in [0.4, 0.5) is 0 Å². The zero-order valence-corrected chi connectivity index (χ0v) is 16.7. The summed E-state index contributed by atoms with van der Waals surface area (Å²) in [6, 6.07) is 13.3. The molecule has 3 aromatic rings. The zero-order chi connectivity index (χ0) is 19.7. The third kappa shape index (κ3) is 3.81. The lowest BCUT2D eigenvalue weighted by Gasteiger charge is -2.20. The van der Waals surface area contributed by atoms with Crippen molar-refractivity contribution in [3.8, 4) is 6.07 Å². The minimum atomic E-state index is -3.21. The Labute approximate surface area is 165 Å². The summed E-state index contributed by atoms with van der Waals surface area (Å²) in [5, 5.41) is 10.1. The van der Waals surface area contributed by atoms with Gasteiger partial charge in [0.1, 0.15) is 11.7 Å². The fourth-order valence-corrected chi connectivity index (χ4v) is 4.89. The van der Waals surface area contributed by atoms with Gasteiger partial charge in [-0.05, 0) is 42.2 Å². The maximum atomic E-state index is 11.8. The lowest BCUT2D eigenvalue weighted by molar-refractivity contribution is 0.469. The molecule has 1 aromatic carbocycles. The van der Waals surface area contributed by atoms with Crippen LogP contribution in [-0.2, 0) is 9.84 Å². The summed E-state index contributed by atoms with van der Waals surface area (Å²) < 4.78 is 23.6. The van der Waals surface area contributed by atoms with E-state index in [1.165, 1.54) is 31.9 Å². The third-order valence-electron chi connectivity index (χ3n) is 5.75. The van der Waals surface area contributed by atoms with Gasteiger partial charge in [-0.1, -0.05) is 37.8 Å². The molecule has 0 spiro atoms. The highest BCUT2D eigenvalue weighted by molar-refractivity contribution is 7.90. The van der Waals surface area contributed by atoms with Crippen molar-refractivity contribution in [3.05, 3.63) is 59.4 Å². The fourth-order valence-electron chi connectivity index (χ4n) is 4.25. The highest BCUT2D eigenvalue weighted by Crippen LogP contribution is 2.38. The quantitative estimate of drug-likeness (QED) is 0.689. The van der Waals surface area contributed by atoms with Gasteiger partial charge in [0.2, 0.25) is 0 Å². The monoisotopic (exact) mass is 393 g/mol. The maximum absolute atomic E-state index is 11.8. The first-order valence-electron chi connectivity index (χ1n) is 9.63. The van der Waals surface area contributed by atoms with Crippen LogP contribution in [0.25, 0.3) is 11.0 Å². The lowest BCUT2D eigenvalue weighted by atomic mass is 9.85. The summed E-state index contributed by atoms with van der Waals surface area (Å²) in [7, 11) is -3.21. The number of fused-ring (bicyclic) bond motifs is 1. The summed E-state index contributed by atoms with van der Waals surface area (Å²) in [6.45, 7) is 0. The van der Waals surface area contributed by atoms with Gasteiger partial charge in [0, 0.05) is 29.5 Å². The van der Waals surface area contributed by atoms with E-state index in [0.29, 0.717) is 16.4 Å². The van der Waals surface area contributed by atoms with Crippen LogP contribution in [0, 0.1) is 17.2 Å². The van der Waals surface area contributed by atoms with Crippen LogP contribution >= 0.6 is 0 Å². The molecule has 4 rings (SSSR count). The van der Waals surface area contributed by atoms with E-state index in [1.54, 1.807) is 18.3 Å². The van der Waals surface area contributed by atoms with Crippen LogP contribution in [0.15, 0.2) is 47.5 Å². The molecule has 0 unspecified atom stereocenters. The van der Waals surface area contributed by atoms with Gasteiger partial charge in [-0.3, -0.25) is 0 Å². The average Bonchev–Trinajstić information content (AvgIpc) is 3.34. The highest BCUT2D eigenvalue weighted by atomic mass is 32.2. The molecule has 0 aliphatic heterocycles. The first-order chi connectivity index (χ1) is 13.4. The summed E-state index contributed by atoms with van der Waals surface area (Å²) >= 11 is 0. The number of aromatic amines is 1. The van der Waals surface area contributed by atoms with Crippen molar-refractivity contribution in [1.29, 1.82) is 5.26 Å². The Bertz CT molecular complexity index is 1130. The Kier molecular flexibility index (Phi) is 4.94. The van der Waals surface area contributed by atoms with Gasteiger partial charge < -0.3 is 4.98 Å². The second-order valence-electron chi connectivity index (χ2n) is 7.78. The van der Waals surface area contributed by atoms with Crippen LogP contribution in [0.3, 0.4) is 0 Å². The Morgan fingerprint density at radius 3 is 2.57 bits per heavy atom. The third-order valence-corrected chi connectivity index (χ3v) is 6.88. The molecule has 2 heterocycles. The van der Waals surface area contributed by atoms with Crippen molar-refractivity contribution in [2.45, 2.75) is 42.9 Å². The molecular weight excluding hydrogens is 370 g/mol. The summed E-state index contributed by atoms with van der Waals surface area (Å²) in [5.41, 5.74) is 3.49. The largest absolute Gasteiger partial charge is 0.343 e. The molecule has 1 fully saturated rings. The molecular formula is C22H23N3O2S. The predicted molar refractivity (Wildman–Crippen MR) is 109 cm³/mol. The van der Waals surface area contributed by atoms with Gasteiger partial charge in [0.05, 0.1) is 10.5 Å². The van der Waals surface area contributed by atoms with Crippen molar-refractivity contribution in [1.82, 2.24) is 9.97 Å². The Morgan fingerprint density at radius 2 is 1.93 bits per heavy atom. The van der Waals surface area contributed by atoms with Crippen LogP contribution < -0.4 is 0 Å². The van der Waals surface area contributed by atoms with Gasteiger partial charge in [0.15, 0.2) is 9.84 Å². The van der Waals surface area contributed by atoms with Crippen LogP contribution in [0.1, 0.15) is 54.8 Å². The summed E-state index contributed by atoms with van der Waals surface area (Å²) in [4.78, 5) is 8.14. The number of nitrogens with one attached hydrogen (secondary N) is 1. The smallest absolute Gasteiger partial charge is 0.175 e. The molecule has 6 heteroatoms. The van der Waals surface area contributed by atoms with E-state index >= 15 is 0 Å². The lowest BCUT2D eigenvalue weighted by Crippen LogP contribution is -2.08. The molecule has 5 nitrogen and oxygen atoms in total. The molecule has 1 aliphatic carbocycles. The second-order valence-corrected chi connectivity index (χ2v) is 9.79. The predicted octanol–water partition coefficient (Wildman–Crippen LogP) is 4.55. The molecule has 144 valence electrons. The van der Waals surface area contributed by atoms with Gasteiger partial charge in [-0.15, -0.1) is 0 Å². The number of nitriles is 1. The zero-order valence-electron chi connectivity index (χ0n) is 15.9. The molecule has 1 aliphatic rings. The van der Waals surface area contributed by atoms with E-state index in [-0.39, 0.29) is 5.92 Å². The van der Waals surface area contributed by atoms with Gasteiger partial charge in [0.25, 0.3) is 0 Å². The van der Waals surface area contributed by atoms with Crippen molar-refractivity contribution in [2.24, 2.45) is 5.92 Å². The average molecular weight is 394 g/mol. The number of pyridine rings is 1. The number of rotatable bonds is 5.